The third-order valence-electron chi connectivity index (χ3n) is 3.17. The molecule has 0 aromatic heterocycles. The molecule has 8 heteroatoms. The van der Waals surface area contributed by atoms with Crippen molar-refractivity contribution in [1.82, 2.24) is 0 Å². The van der Waals surface area contributed by atoms with E-state index in [1.165, 1.54) is 0 Å². The van der Waals surface area contributed by atoms with Crippen LogP contribution in [0.3, 0.4) is 0 Å². The fraction of sp³-hybridized carbons (Fsp3) is 1.00. The third-order valence-corrected chi connectivity index (χ3v) is 8.37. The van der Waals surface area contributed by atoms with Gasteiger partial charge in [0.1, 0.15) is 0 Å². The van der Waals surface area contributed by atoms with Crippen LogP contribution in [-0.2, 0) is 9.13 Å². The van der Waals surface area contributed by atoms with E-state index in [2.05, 4.69) is 0 Å². The molecule has 0 aliphatic carbocycles. The molecule has 0 rings (SSSR count). The van der Waals surface area contributed by atoms with Gasteiger partial charge in [-0.1, -0.05) is 55.4 Å². The lowest BCUT2D eigenvalue weighted by Gasteiger charge is -2.15. The van der Waals surface area contributed by atoms with Crippen molar-refractivity contribution in [3.05, 3.63) is 0 Å². The second-order valence-corrected chi connectivity index (χ2v) is 14.0. The van der Waals surface area contributed by atoms with Crippen LogP contribution < -0.4 is 0 Å². The van der Waals surface area contributed by atoms with E-state index in [1.54, 1.807) is 0 Å². The molecule has 0 radical (unpaired) electrons. The first-order valence-electron chi connectivity index (χ1n) is 10.4. The summed E-state index contributed by atoms with van der Waals surface area (Å²) in [6, 6.07) is 0. The molecule has 0 aromatic carbocycles. The number of hydrogen-bond donors (Lipinski definition) is 4. The molecule has 4 N–H and O–H groups in total. The van der Waals surface area contributed by atoms with Crippen molar-refractivity contribution in [2.75, 3.05) is 37.9 Å². The van der Waals surface area contributed by atoms with Crippen molar-refractivity contribution in [3.63, 3.8) is 0 Å². The van der Waals surface area contributed by atoms with Crippen LogP contribution in [0.25, 0.3) is 0 Å². The predicted octanol–water partition coefficient (Wildman–Crippen LogP) is 4.89. The number of unbranched alkanes of at least 4 members (excludes halogenated alkanes) is 1. The summed E-state index contributed by atoms with van der Waals surface area (Å²) in [5.41, 5.74) is 0. The van der Waals surface area contributed by atoms with Crippen LogP contribution in [0.15, 0.2) is 0 Å². The van der Waals surface area contributed by atoms with E-state index in [4.69, 9.17) is 10.2 Å². The maximum atomic E-state index is 11.4. The van der Waals surface area contributed by atoms with Gasteiger partial charge in [-0.25, -0.2) is 0 Å². The molecule has 0 unspecified atom stereocenters. The molecular weight excluding hydrogens is 398 g/mol. The Morgan fingerprint density at radius 1 is 0.536 bits per heavy atom. The van der Waals surface area contributed by atoms with Gasteiger partial charge in [0.25, 0.3) is 0 Å². The van der Waals surface area contributed by atoms with Crippen molar-refractivity contribution in [2.24, 2.45) is 23.7 Å². The van der Waals surface area contributed by atoms with Crippen molar-refractivity contribution < 1.29 is 29.1 Å². The fourth-order valence-corrected chi connectivity index (χ4v) is 7.52. The van der Waals surface area contributed by atoms with E-state index in [-0.39, 0.29) is 13.2 Å². The normalized spacial score (nSPS) is 12.1. The number of aliphatic hydroxyl groups excluding tert-OH is 2. The van der Waals surface area contributed by atoms with Gasteiger partial charge in [-0.15, -0.1) is 0 Å². The number of rotatable bonds is 11. The summed E-state index contributed by atoms with van der Waals surface area (Å²) in [6.07, 6.45) is 3.29. The van der Waals surface area contributed by atoms with Gasteiger partial charge >= 0.3 is 0 Å². The van der Waals surface area contributed by atoms with Crippen molar-refractivity contribution in [3.8, 4) is 0 Å². The SMILES string of the molecule is CC(C)CP(=O)(O)CC(C)C.CC(C)CP(=O)(O)CC(C)C.OCCCCO. The van der Waals surface area contributed by atoms with E-state index < -0.39 is 14.7 Å². The number of aliphatic hydroxyl groups is 2. The maximum absolute atomic E-state index is 11.4. The zero-order chi connectivity index (χ0) is 23.0. The molecule has 0 fully saturated rings. The molecule has 6 nitrogen and oxygen atoms in total. The van der Waals surface area contributed by atoms with Gasteiger partial charge in [-0.3, -0.25) is 9.13 Å². The second-order valence-electron chi connectivity index (χ2n) is 9.15. The van der Waals surface area contributed by atoms with Crippen LogP contribution in [0.5, 0.6) is 0 Å². The lowest BCUT2D eigenvalue weighted by atomic mass is 10.3. The summed E-state index contributed by atoms with van der Waals surface area (Å²) in [6.45, 7) is 16.2. The molecule has 0 atom stereocenters. The Balaban J connectivity index is -0.000000351. The molecule has 28 heavy (non-hydrogen) atoms. The van der Waals surface area contributed by atoms with Gasteiger partial charge < -0.3 is 20.0 Å². The number of hydrogen-bond acceptors (Lipinski definition) is 4. The van der Waals surface area contributed by atoms with Gasteiger partial charge in [0.15, 0.2) is 0 Å². The minimum absolute atomic E-state index is 0.195. The molecule has 174 valence electrons. The molecule has 0 aromatic rings. The van der Waals surface area contributed by atoms with Gasteiger partial charge in [-0.2, -0.15) is 0 Å². The largest absolute Gasteiger partial charge is 0.396 e. The topological polar surface area (TPSA) is 115 Å². The Labute approximate surface area is 174 Å². The average molecular weight is 447 g/mol. The fourth-order valence-electron chi connectivity index (χ4n) is 2.65. The quantitative estimate of drug-likeness (QED) is 0.265. The van der Waals surface area contributed by atoms with Gasteiger partial charge in [0.05, 0.1) is 0 Å². The molecule has 0 aliphatic heterocycles. The summed E-state index contributed by atoms with van der Waals surface area (Å²) in [5, 5.41) is 16.2. The van der Waals surface area contributed by atoms with E-state index in [0.717, 1.165) is 12.8 Å². The molecular formula is C20H48O6P2. The van der Waals surface area contributed by atoms with Crippen molar-refractivity contribution >= 4 is 14.7 Å². The Morgan fingerprint density at radius 3 is 0.821 bits per heavy atom. The first kappa shape index (κ1) is 33.0. The zero-order valence-electron chi connectivity index (χ0n) is 19.5. The molecule has 0 bridgehead atoms. The molecule has 0 aliphatic rings. The Morgan fingerprint density at radius 2 is 0.714 bits per heavy atom. The van der Waals surface area contributed by atoms with Crippen LogP contribution in [0.2, 0.25) is 0 Å². The lowest BCUT2D eigenvalue weighted by Crippen LogP contribution is -2.05. The van der Waals surface area contributed by atoms with Gasteiger partial charge in [-0.05, 0) is 36.5 Å². The third kappa shape index (κ3) is 31.0. The highest BCUT2D eigenvalue weighted by Crippen LogP contribution is 2.44. The van der Waals surface area contributed by atoms with E-state index >= 15 is 0 Å². The Kier molecular flexibility index (Phi) is 21.3. The highest BCUT2D eigenvalue weighted by molar-refractivity contribution is 7.58. The molecule has 0 heterocycles. The summed E-state index contributed by atoms with van der Waals surface area (Å²) in [7, 11) is -5.61. The van der Waals surface area contributed by atoms with E-state index in [0.29, 0.717) is 48.3 Å². The van der Waals surface area contributed by atoms with Crippen LogP contribution >= 0.6 is 14.7 Å². The zero-order valence-corrected chi connectivity index (χ0v) is 21.3. The van der Waals surface area contributed by atoms with Gasteiger partial charge in [0, 0.05) is 37.9 Å². The van der Waals surface area contributed by atoms with Crippen LogP contribution in [0, 0.1) is 23.7 Å². The minimum Gasteiger partial charge on any atom is -0.396 e. The highest BCUT2D eigenvalue weighted by Gasteiger charge is 2.21. The highest BCUT2D eigenvalue weighted by atomic mass is 31.2. The molecule has 0 saturated carbocycles. The summed E-state index contributed by atoms with van der Waals surface area (Å²) < 4.78 is 22.8. The standard InChI is InChI=1S/2C8H19O2P.C4H10O2/c2*1-7(2)5-11(9,10)6-8(3)4;5-3-1-2-4-6/h2*7-8H,5-6H2,1-4H3,(H,9,10);5-6H,1-4H2. The predicted molar refractivity (Wildman–Crippen MR) is 122 cm³/mol. The summed E-state index contributed by atoms with van der Waals surface area (Å²) >= 11 is 0. The smallest absolute Gasteiger partial charge is 0.201 e. The molecule has 0 saturated heterocycles. The first-order chi connectivity index (χ1) is 12.6. The van der Waals surface area contributed by atoms with Crippen LogP contribution in [0.4, 0.5) is 0 Å². The minimum atomic E-state index is -2.80. The first-order valence-corrected chi connectivity index (χ1v) is 14.5. The molecule has 0 amide bonds. The average Bonchev–Trinajstić information content (AvgIpc) is 2.40. The van der Waals surface area contributed by atoms with Crippen LogP contribution in [0.1, 0.15) is 68.2 Å². The Bertz CT molecular complexity index is 368. The van der Waals surface area contributed by atoms with E-state index in [1.807, 2.05) is 55.4 Å². The second kappa shape index (κ2) is 18.1. The van der Waals surface area contributed by atoms with Crippen molar-refractivity contribution in [1.29, 1.82) is 0 Å². The summed E-state index contributed by atoms with van der Waals surface area (Å²) in [4.78, 5) is 18.8. The molecule has 0 spiro atoms. The summed E-state index contributed by atoms with van der Waals surface area (Å²) in [5.74, 6) is 1.29. The van der Waals surface area contributed by atoms with Crippen LogP contribution in [-0.4, -0.2) is 57.9 Å². The van der Waals surface area contributed by atoms with Crippen molar-refractivity contribution in [2.45, 2.75) is 68.2 Å². The van der Waals surface area contributed by atoms with Gasteiger partial charge in [0.2, 0.25) is 14.7 Å². The Hall–Kier alpha value is 0.300. The lowest BCUT2D eigenvalue weighted by molar-refractivity contribution is 0.242. The van der Waals surface area contributed by atoms with E-state index in [9.17, 15) is 18.9 Å². The maximum Gasteiger partial charge on any atom is 0.201 e. The monoisotopic (exact) mass is 446 g/mol.